The van der Waals surface area contributed by atoms with E-state index in [0.717, 1.165) is 19.3 Å². The summed E-state index contributed by atoms with van der Waals surface area (Å²) < 4.78 is 0. The number of nitrogens with zero attached hydrogens (tertiary/aromatic N) is 2. The second-order valence-electron chi connectivity index (χ2n) is 3.75. The van der Waals surface area contributed by atoms with E-state index >= 15 is 0 Å². The Labute approximate surface area is 94.7 Å². The third-order valence-corrected chi connectivity index (χ3v) is 2.41. The second kappa shape index (κ2) is 5.44. The van der Waals surface area contributed by atoms with Gasteiger partial charge in [0.05, 0.1) is 11.4 Å². The molecule has 0 spiro atoms. The van der Waals surface area contributed by atoms with Crippen LogP contribution in [0, 0.1) is 6.92 Å². The molecule has 5 nitrogen and oxygen atoms in total. The van der Waals surface area contributed by atoms with E-state index in [2.05, 4.69) is 16.9 Å². The predicted octanol–water partition coefficient (Wildman–Crippen LogP) is 1.80. The molecule has 1 heterocycles. The fraction of sp³-hybridized carbons (Fsp3) is 0.545. The van der Waals surface area contributed by atoms with Crippen LogP contribution >= 0.6 is 0 Å². The Morgan fingerprint density at radius 2 is 2.06 bits per heavy atom. The number of carboxylic acid groups (broad SMARTS) is 1. The minimum Gasteiger partial charge on any atom is -0.478 e. The van der Waals surface area contributed by atoms with Crippen LogP contribution in [-0.2, 0) is 6.42 Å². The third-order valence-electron chi connectivity index (χ3n) is 2.41. The highest BCUT2D eigenvalue weighted by atomic mass is 16.4. The lowest BCUT2D eigenvalue weighted by Gasteiger charge is -2.08. The first-order chi connectivity index (χ1) is 7.56. The molecule has 0 fully saturated rings. The van der Waals surface area contributed by atoms with E-state index in [4.69, 9.17) is 10.8 Å². The first kappa shape index (κ1) is 12.4. The topological polar surface area (TPSA) is 89.1 Å². The zero-order valence-corrected chi connectivity index (χ0v) is 9.66. The lowest BCUT2D eigenvalue weighted by atomic mass is 10.1. The molecule has 0 saturated heterocycles. The summed E-state index contributed by atoms with van der Waals surface area (Å²) in [6.45, 7) is 3.74. The molecule has 0 aliphatic heterocycles. The molecule has 0 unspecified atom stereocenters. The molecule has 0 amide bonds. The third kappa shape index (κ3) is 2.92. The molecule has 3 N–H and O–H groups in total. The fourth-order valence-corrected chi connectivity index (χ4v) is 1.66. The first-order valence-corrected chi connectivity index (χ1v) is 5.42. The van der Waals surface area contributed by atoms with Crippen molar-refractivity contribution in [2.24, 2.45) is 0 Å². The summed E-state index contributed by atoms with van der Waals surface area (Å²) in [5.41, 5.74) is 6.70. The maximum absolute atomic E-state index is 11.1. The van der Waals surface area contributed by atoms with E-state index in [1.807, 2.05) is 0 Å². The highest BCUT2D eigenvalue weighted by molar-refractivity contribution is 5.90. The second-order valence-corrected chi connectivity index (χ2v) is 3.75. The van der Waals surface area contributed by atoms with Crippen LogP contribution in [-0.4, -0.2) is 21.0 Å². The van der Waals surface area contributed by atoms with Crippen LogP contribution in [0.25, 0.3) is 0 Å². The maximum Gasteiger partial charge on any atom is 0.339 e. The zero-order chi connectivity index (χ0) is 12.1. The van der Waals surface area contributed by atoms with Crippen LogP contribution in [0.1, 0.15) is 47.9 Å². The van der Waals surface area contributed by atoms with Gasteiger partial charge in [0, 0.05) is 0 Å². The highest BCUT2D eigenvalue weighted by Gasteiger charge is 2.16. The highest BCUT2D eigenvalue weighted by Crippen LogP contribution is 2.15. The van der Waals surface area contributed by atoms with Gasteiger partial charge in [-0.3, -0.25) is 0 Å². The molecule has 1 rings (SSSR count). The Kier molecular flexibility index (Phi) is 4.22. The number of carbonyl (C=O) groups is 1. The number of anilines is 1. The summed E-state index contributed by atoms with van der Waals surface area (Å²) in [5, 5.41) is 9.07. The number of nitrogens with two attached hydrogens (primary N) is 1. The van der Waals surface area contributed by atoms with Crippen LogP contribution < -0.4 is 5.73 Å². The van der Waals surface area contributed by atoms with Crippen LogP contribution in [0.4, 0.5) is 5.95 Å². The Morgan fingerprint density at radius 1 is 1.38 bits per heavy atom. The van der Waals surface area contributed by atoms with Gasteiger partial charge in [0.15, 0.2) is 0 Å². The number of unbranched alkanes of at least 4 members (excludes halogenated alkanes) is 2. The molecule has 0 saturated carbocycles. The van der Waals surface area contributed by atoms with Crippen molar-refractivity contribution in [3.8, 4) is 0 Å². The molecule has 88 valence electrons. The van der Waals surface area contributed by atoms with Gasteiger partial charge >= 0.3 is 5.97 Å². The quantitative estimate of drug-likeness (QED) is 0.743. The molecule has 16 heavy (non-hydrogen) atoms. The van der Waals surface area contributed by atoms with Gasteiger partial charge in [-0.15, -0.1) is 0 Å². The normalized spacial score (nSPS) is 10.4. The summed E-state index contributed by atoms with van der Waals surface area (Å²) in [7, 11) is 0. The summed E-state index contributed by atoms with van der Waals surface area (Å²) in [4.78, 5) is 18.9. The van der Waals surface area contributed by atoms with Crippen molar-refractivity contribution in [1.29, 1.82) is 0 Å². The van der Waals surface area contributed by atoms with Crippen molar-refractivity contribution in [2.45, 2.75) is 39.5 Å². The molecular formula is C11H17N3O2. The molecule has 0 aliphatic carbocycles. The maximum atomic E-state index is 11.1. The Bertz CT molecular complexity index is 391. The van der Waals surface area contributed by atoms with Gasteiger partial charge in [-0.1, -0.05) is 19.8 Å². The lowest BCUT2D eigenvalue weighted by Crippen LogP contribution is -2.12. The van der Waals surface area contributed by atoms with E-state index in [1.165, 1.54) is 0 Å². The Morgan fingerprint density at radius 3 is 2.62 bits per heavy atom. The molecule has 1 aromatic heterocycles. The van der Waals surface area contributed by atoms with Crippen molar-refractivity contribution >= 4 is 11.9 Å². The van der Waals surface area contributed by atoms with Gasteiger partial charge in [0.2, 0.25) is 5.95 Å². The summed E-state index contributed by atoms with van der Waals surface area (Å²) in [6.07, 6.45) is 3.71. The molecule has 0 atom stereocenters. The number of aromatic carboxylic acids is 1. The van der Waals surface area contributed by atoms with Crippen LogP contribution in [0.3, 0.4) is 0 Å². The number of rotatable bonds is 5. The molecule has 0 aromatic carbocycles. The Balaban J connectivity index is 2.99. The number of hydrogen-bond donors (Lipinski definition) is 2. The average molecular weight is 223 g/mol. The smallest absolute Gasteiger partial charge is 0.339 e. The molecular weight excluding hydrogens is 206 g/mol. The fourth-order valence-electron chi connectivity index (χ4n) is 1.66. The van der Waals surface area contributed by atoms with Crippen LogP contribution in [0.15, 0.2) is 0 Å². The average Bonchev–Trinajstić information content (AvgIpc) is 2.16. The van der Waals surface area contributed by atoms with Crippen molar-refractivity contribution in [1.82, 2.24) is 9.97 Å². The number of carboxylic acids is 1. The van der Waals surface area contributed by atoms with Gasteiger partial charge in [-0.05, 0) is 19.8 Å². The first-order valence-electron chi connectivity index (χ1n) is 5.42. The van der Waals surface area contributed by atoms with Gasteiger partial charge in [-0.2, -0.15) is 0 Å². The molecule has 0 bridgehead atoms. The minimum atomic E-state index is -0.982. The summed E-state index contributed by atoms with van der Waals surface area (Å²) >= 11 is 0. The molecule has 1 aromatic rings. The molecule has 0 aliphatic rings. The molecule has 5 heteroatoms. The van der Waals surface area contributed by atoms with Crippen molar-refractivity contribution in [3.63, 3.8) is 0 Å². The van der Waals surface area contributed by atoms with E-state index in [1.54, 1.807) is 6.92 Å². The van der Waals surface area contributed by atoms with Crippen molar-refractivity contribution in [2.75, 3.05) is 5.73 Å². The zero-order valence-electron chi connectivity index (χ0n) is 9.66. The van der Waals surface area contributed by atoms with Crippen molar-refractivity contribution < 1.29 is 9.90 Å². The van der Waals surface area contributed by atoms with Gasteiger partial charge in [0.25, 0.3) is 0 Å². The number of hydrogen-bond acceptors (Lipinski definition) is 4. The SMILES string of the molecule is CCCCCc1nc(N)nc(C)c1C(=O)O. The lowest BCUT2D eigenvalue weighted by molar-refractivity contribution is 0.0693. The monoisotopic (exact) mass is 223 g/mol. The van der Waals surface area contributed by atoms with Gasteiger partial charge < -0.3 is 10.8 Å². The summed E-state index contributed by atoms with van der Waals surface area (Å²) in [5.74, 6) is -0.835. The summed E-state index contributed by atoms with van der Waals surface area (Å²) in [6, 6.07) is 0. The number of aromatic nitrogens is 2. The van der Waals surface area contributed by atoms with E-state index in [9.17, 15) is 4.79 Å². The van der Waals surface area contributed by atoms with Crippen LogP contribution in [0.5, 0.6) is 0 Å². The van der Waals surface area contributed by atoms with E-state index < -0.39 is 5.97 Å². The number of aryl methyl sites for hydroxylation is 2. The van der Waals surface area contributed by atoms with E-state index in [0.29, 0.717) is 17.8 Å². The van der Waals surface area contributed by atoms with Gasteiger partial charge in [0.1, 0.15) is 5.56 Å². The predicted molar refractivity (Wildman–Crippen MR) is 61.4 cm³/mol. The Hall–Kier alpha value is -1.65. The van der Waals surface area contributed by atoms with E-state index in [-0.39, 0.29) is 11.5 Å². The minimum absolute atomic E-state index is 0.147. The number of nitrogen functional groups attached to an aromatic ring is 1. The van der Waals surface area contributed by atoms with Gasteiger partial charge in [-0.25, -0.2) is 14.8 Å². The largest absolute Gasteiger partial charge is 0.478 e. The van der Waals surface area contributed by atoms with Crippen LogP contribution in [0.2, 0.25) is 0 Å². The molecule has 0 radical (unpaired) electrons. The van der Waals surface area contributed by atoms with Crippen molar-refractivity contribution in [3.05, 3.63) is 17.0 Å². The standard InChI is InChI=1S/C11H17N3O2/c1-3-4-5-6-8-9(10(15)16)7(2)13-11(12)14-8/h3-6H2,1-2H3,(H,15,16)(H2,12,13,14).